The molecule has 0 amide bonds. The first-order chi connectivity index (χ1) is 10.3. The Kier molecular flexibility index (Phi) is 5.88. The van der Waals surface area contributed by atoms with Crippen LogP contribution in [0.5, 0.6) is 0 Å². The third kappa shape index (κ3) is 4.37. The van der Waals surface area contributed by atoms with Gasteiger partial charge in [-0.2, -0.15) is 11.8 Å². The minimum atomic E-state index is -0.152. The van der Waals surface area contributed by atoms with Gasteiger partial charge in [-0.3, -0.25) is 0 Å². The van der Waals surface area contributed by atoms with Gasteiger partial charge in [-0.15, -0.1) is 0 Å². The zero-order valence-electron chi connectivity index (χ0n) is 13.1. The minimum Gasteiger partial charge on any atom is -0.392 e. The van der Waals surface area contributed by atoms with E-state index in [0.29, 0.717) is 5.92 Å². The van der Waals surface area contributed by atoms with E-state index >= 15 is 0 Å². The van der Waals surface area contributed by atoms with E-state index in [-0.39, 0.29) is 11.7 Å². The molecule has 2 unspecified atom stereocenters. The van der Waals surface area contributed by atoms with E-state index < -0.39 is 0 Å². The third-order valence-electron chi connectivity index (χ3n) is 5.53. The summed E-state index contributed by atoms with van der Waals surface area (Å²) in [4.78, 5) is 0. The number of hydrogen-bond donors (Lipinski definition) is 1. The Morgan fingerprint density at radius 1 is 1.05 bits per heavy atom. The molecule has 0 radical (unpaired) electrons. The predicted molar refractivity (Wildman–Crippen MR) is 86.8 cm³/mol. The molecule has 4 heteroatoms. The molecule has 3 rings (SSSR count). The average Bonchev–Trinajstić information content (AvgIpc) is 2.54. The molecule has 1 aliphatic carbocycles. The maximum absolute atomic E-state index is 10.6. The van der Waals surface area contributed by atoms with Crippen molar-refractivity contribution in [3.05, 3.63) is 0 Å². The monoisotopic (exact) mass is 314 g/mol. The maximum Gasteiger partial charge on any atom is 0.0730 e. The molecule has 122 valence electrons. The Balaban J connectivity index is 1.46. The topological polar surface area (TPSA) is 38.7 Å². The van der Waals surface area contributed by atoms with Crippen molar-refractivity contribution in [2.45, 2.75) is 74.7 Å². The summed E-state index contributed by atoms with van der Waals surface area (Å²) >= 11 is 2.02. The lowest BCUT2D eigenvalue weighted by Gasteiger charge is -2.44. The van der Waals surface area contributed by atoms with Crippen LogP contribution in [-0.2, 0) is 9.47 Å². The van der Waals surface area contributed by atoms with Crippen molar-refractivity contribution in [3.8, 4) is 0 Å². The van der Waals surface area contributed by atoms with E-state index in [0.717, 1.165) is 56.5 Å². The van der Waals surface area contributed by atoms with Crippen LogP contribution in [0.15, 0.2) is 0 Å². The normalized spacial score (nSPS) is 32.1. The molecular weight excluding hydrogens is 284 g/mol. The molecule has 0 aromatic heterocycles. The SMILES string of the molecule is OC(CSC1CCCCC1)C1CCOC2(CCOCC2)C1. The zero-order valence-corrected chi connectivity index (χ0v) is 13.9. The van der Waals surface area contributed by atoms with E-state index in [1.54, 1.807) is 0 Å². The second-order valence-electron chi connectivity index (χ2n) is 7.06. The number of ether oxygens (including phenoxy) is 2. The lowest BCUT2D eigenvalue weighted by Crippen LogP contribution is -2.47. The molecule has 0 aromatic rings. The molecule has 3 aliphatic rings. The van der Waals surface area contributed by atoms with E-state index in [1.165, 1.54) is 32.1 Å². The second-order valence-corrected chi connectivity index (χ2v) is 8.39. The quantitative estimate of drug-likeness (QED) is 0.863. The van der Waals surface area contributed by atoms with Gasteiger partial charge in [0.2, 0.25) is 0 Å². The molecule has 3 fully saturated rings. The summed E-state index contributed by atoms with van der Waals surface area (Å²) in [5, 5.41) is 11.4. The van der Waals surface area contributed by atoms with Gasteiger partial charge in [0.15, 0.2) is 0 Å². The number of aliphatic hydroxyl groups excluding tert-OH is 1. The number of aliphatic hydroxyl groups is 1. The van der Waals surface area contributed by atoms with Gasteiger partial charge in [0.1, 0.15) is 0 Å². The van der Waals surface area contributed by atoms with Crippen molar-refractivity contribution in [2.75, 3.05) is 25.6 Å². The van der Waals surface area contributed by atoms with Crippen LogP contribution in [0.2, 0.25) is 0 Å². The van der Waals surface area contributed by atoms with E-state index in [2.05, 4.69) is 0 Å². The summed E-state index contributed by atoms with van der Waals surface area (Å²) in [6.07, 6.45) is 10.8. The number of rotatable bonds is 4. The summed E-state index contributed by atoms with van der Waals surface area (Å²) in [6.45, 7) is 2.45. The lowest BCUT2D eigenvalue weighted by atomic mass is 9.79. The van der Waals surface area contributed by atoms with Crippen LogP contribution in [0, 0.1) is 5.92 Å². The molecular formula is C17H30O3S. The summed E-state index contributed by atoms with van der Waals surface area (Å²) in [7, 11) is 0. The average molecular weight is 314 g/mol. The van der Waals surface area contributed by atoms with Crippen LogP contribution in [0.4, 0.5) is 0 Å². The van der Waals surface area contributed by atoms with Gasteiger partial charge in [0.25, 0.3) is 0 Å². The fraction of sp³-hybridized carbons (Fsp3) is 1.00. The summed E-state index contributed by atoms with van der Waals surface area (Å²) in [5.41, 5.74) is 0.0116. The van der Waals surface area contributed by atoms with E-state index in [1.807, 2.05) is 11.8 Å². The molecule has 2 atom stereocenters. The van der Waals surface area contributed by atoms with Crippen LogP contribution in [0.1, 0.15) is 57.8 Å². The molecule has 2 heterocycles. The summed E-state index contributed by atoms with van der Waals surface area (Å²) in [5.74, 6) is 1.34. The second kappa shape index (κ2) is 7.67. The molecule has 0 bridgehead atoms. The Morgan fingerprint density at radius 2 is 1.81 bits per heavy atom. The van der Waals surface area contributed by atoms with Gasteiger partial charge >= 0.3 is 0 Å². The van der Waals surface area contributed by atoms with E-state index in [4.69, 9.17) is 9.47 Å². The maximum atomic E-state index is 10.6. The van der Waals surface area contributed by atoms with Gasteiger partial charge in [0.05, 0.1) is 11.7 Å². The van der Waals surface area contributed by atoms with Crippen LogP contribution in [-0.4, -0.2) is 47.6 Å². The third-order valence-corrected chi connectivity index (χ3v) is 7.01. The Hall–Kier alpha value is 0.230. The molecule has 1 spiro atoms. The van der Waals surface area contributed by atoms with Crippen molar-refractivity contribution < 1.29 is 14.6 Å². The smallest absolute Gasteiger partial charge is 0.0730 e. The minimum absolute atomic E-state index is 0.0116. The fourth-order valence-electron chi connectivity index (χ4n) is 4.09. The highest BCUT2D eigenvalue weighted by Crippen LogP contribution is 2.39. The van der Waals surface area contributed by atoms with Gasteiger partial charge in [0, 0.05) is 30.8 Å². The van der Waals surface area contributed by atoms with Crippen molar-refractivity contribution in [1.29, 1.82) is 0 Å². The molecule has 1 N–H and O–H groups in total. The first kappa shape index (κ1) is 16.1. The number of hydrogen-bond acceptors (Lipinski definition) is 4. The lowest BCUT2D eigenvalue weighted by molar-refractivity contribution is -0.156. The first-order valence-electron chi connectivity index (χ1n) is 8.79. The van der Waals surface area contributed by atoms with Crippen LogP contribution in [0.3, 0.4) is 0 Å². The van der Waals surface area contributed by atoms with Crippen LogP contribution >= 0.6 is 11.8 Å². The van der Waals surface area contributed by atoms with Crippen LogP contribution < -0.4 is 0 Å². The van der Waals surface area contributed by atoms with Gasteiger partial charge in [-0.05, 0) is 44.4 Å². The highest BCUT2D eigenvalue weighted by molar-refractivity contribution is 7.99. The highest BCUT2D eigenvalue weighted by Gasteiger charge is 2.41. The van der Waals surface area contributed by atoms with E-state index in [9.17, 15) is 5.11 Å². The Bertz CT molecular complexity index is 306. The Labute approximate surface area is 133 Å². The summed E-state index contributed by atoms with van der Waals surface area (Å²) in [6, 6.07) is 0. The molecule has 2 saturated heterocycles. The molecule has 21 heavy (non-hydrogen) atoms. The van der Waals surface area contributed by atoms with Crippen molar-refractivity contribution in [2.24, 2.45) is 5.92 Å². The first-order valence-corrected chi connectivity index (χ1v) is 9.84. The predicted octanol–water partition coefficient (Wildman–Crippen LogP) is 3.39. The highest BCUT2D eigenvalue weighted by atomic mass is 32.2. The zero-order chi connectivity index (χ0) is 14.5. The Morgan fingerprint density at radius 3 is 2.57 bits per heavy atom. The van der Waals surface area contributed by atoms with Crippen LogP contribution in [0.25, 0.3) is 0 Å². The molecule has 1 saturated carbocycles. The van der Waals surface area contributed by atoms with Crippen molar-refractivity contribution in [1.82, 2.24) is 0 Å². The molecule has 0 aromatic carbocycles. The van der Waals surface area contributed by atoms with Gasteiger partial charge in [-0.25, -0.2) is 0 Å². The number of thioether (sulfide) groups is 1. The standard InChI is InChI=1S/C17H30O3S/c18-16(13-21-15-4-2-1-3-5-15)14-6-9-20-17(12-14)7-10-19-11-8-17/h14-16,18H,1-13H2. The van der Waals surface area contributed by atoms with Crippen molar-refractivity contribution in [3.63, 3.8) is 0 Å². The van der Waals surface area contributed by atoms with Crippen molar-refractivity contribution >= 4 is 11.8 Å². The largest absolute Gasteiger partial charge is 0.392 e. The summed E-state index contributed by atoms with van der Waals surface area (Å²) < 4.78 is 11.6. The fourth-order valence-corrected chi connectivity index (χ4v) is 5.50. The van der Waals surface area contributed by atoms with Gasteiger partial charge < -0.3 is 14.6 Å². The molecule has 2 aliphatic heterocycles. The van der Waals surface area contributed by atoms with Gasteiger partial charge in [-0.1, -0.05) is 19.3 Å². The molecule has 3 nitrogen and oxygen atoms in total.